The average molecular weight is 432 g/mol. The van der Waals surface area contributed by atoms with Crippen LogP contribution in [0, 0.1) is 20.8 Å². The normalized spacial score (nSPS) is 14.0. The van der Waals surface area contributed by atoms with Crippen LogP contribution in [0.3, 0.4) is 0 Å². The Labute approximate surface area is 188 Å². The van der Waals surface area contributed by atoms with Crippen molar-refractivity contribution in [1.82, 2.24) is 14.8 Å². The lowest BCUT2D eigenvalue weighted by atomic mass is 9.99. The molecule has 0 bridgehead atoms. The first-order valence-corrected chi connectivity index (χ1v) is 11.1. The summed E-state index contributed by atoms with van der Waals surface area (Å²) in [4.78, 5) is 33.9. The van der Waals surface area contributed by atoms with E-state index in [1.165, 1.54) is 11.1 Å². The van der Waals surface area contributed by atoms with Crippen LogP contribution in [0.5, 0.6) is 0 Å². The topological polar surface area (TPSA) is 62.7 Å². The van der Waals surface area contributed by atoms with Crippen molar-refractivity contribution in [2.24, 2.45) is 0 Å². The fourth-order valence-electron chi connectivity index (χ4n) is 4.04. The lowest BCUT2D eigenvalue weighted by Gasteiger charge is -2.34. The van der Waals surface area contributed by atoms with Gasteiger partial charge < -0.3 is 14.5 Å². The van der Waals surface area contributed by atoms with Crippen molar-refractivity contribution in [1.29, 1.82) is 0 Å². The van der Waals surface area contributed by atoms with Gasteiger partial charge in [0.05, 0.1) is 23.4 Å². The average Bonchev–Trinajstić information content (AvgIpc) is 2.80. The van der Waals surface area contributed by atoms with Gasteiger partial charge in [-0.3, -0.25) is 4.79 Å². The third kappa shape index (κ3) is 4.31. The first kappa shape index (κ1) is 21.8. The monoisotopic (exact) mass is 431 g/mol. The van der Waals surface area contributed by atoms with Crippen LogP contribution in [0.1, 0.15) is 34.0 Å². The molecule has 1 aliphatic rings. The minimum absolute atomic E-state index is 0.0309. The standard InChI is InChI=1S/C26H29N3O3/c1-5-32-26(31)29-12-10-28(11-13-29)25(30)22-16-24(20-8-7-18(3)19(4)15-20)27-23-9-6-17(2)14-21(22)23/h6-9,14-16H,5,10-13H2,1-4H3. The number of pyridine rings is 1. The summed E-state index contributed by atoms with van der Waals surface area (Å²) >= 11 is 0. The molecule has 2 aromatic carbocycles. The fraction of sp³-hybridized carbons (Fsp3) is 0.346. The Hall–Kier alpha value is -3.41. The van der Waals surface area contributed by atoms with E-state index < -0.39 is 0 Å². The molecule has 0 atom stereocenters. The number of fused-ring (bicyclic) bond motifs is 1. The highest BCUT2D eigenvalue weighted by atomic mass is 16.6. The van der Waals surface area contributed by atoms with Gasteiger partial charge in [-0.2, -0.15) is 0 Å². The number of benzene rings is 2. The van der Waals surface area contributed by atoms with Crippen LogP contribution >= 0.6 is 0 Å². The van der Waals surface area contributed by atoms with Crippen LogP contribution < -0.4 is 0 Å². The van der Waals surface area contributed by atoms with Crippen molar-refractivity contribution in [2.75, 3.05) is 32.8 Å². The van der Waals surface area contributed by atoms with Crippen LogP contribution in [-0.4, -0.2) is 59.6 Å². The van der Waals surface area contributed by atoms with Crippen LogP contribution in [0.2, 0.25) is 0 Å². The maximum Gasteiger partial charge on any atom is 0.409 e. The summed E-state index contributed by atoms with van der Waals surface area (Å²) in [5.74, 6) is -0.0309. The molecule has 6 heteroatoms. The molecule has 0 unspecified atom stereocenters. The Morgan fingerprint density at radius 2 is 1.62 bits per heavy atom. The molecule has 1 aromatic heterocycles. The van der Waals surface area contributed by atoms with E-state index in [1.54, 1.807) is 11.8 Å². The molecule has 0 aliphatic carbocycles. The van der Waals surface area contributed by atoms with Gasteiger partial charge in [0.25, 0.3) is 5.91 Å². The van der Waals surface area contributed by atoms with Gasteiger partial charge in [-0.05, 0) is 63.1 Å². The predicted octanol–water partition coefficient (Wildman–Crippen LogP) is 4.74. The molecule has 3 aromatic rings. The van der Waals surface area contributed by atoms with Gasteiger partial charge in [-0.1, -0.05) is 23.8 Å². The zero-order valence-corrected chi connectivity index (χ0v) is 19.1. The molecular weight excluding hydrogens is 402 g/mol. The molecule has 1 fully saturated rings. The summed E-state index contributed by atoms with van der Waals surface area (Å²) in [6.07, 6.45) is -0.318. The molecule has 6 nitrogen and oxygen atoms in total. The Bertz CT molecular complexity index is 1180. The second-order valence-electron chi connectivity index (χ2n) is 8.35. The molecule has 2 heterocycles. The largest absolute Gasteiger partial charge is 0.450 e. The molecule has 1 aliphatic heterocycles. The number of amides is 2. The molecular formula is C26H29N3O3. The lowest BCUT2D eigenvalue weighted by molar-refractivity contribution is 0.0572. The van der Waals surface area contributed by atoms with Crippen LogP contribution in [0.25, 0.3) is 22.2 Å². The van der Waals surface area contributed by atoms with Crippen molar-refractivity contribution in [2.45, 2.75) is 27.7 Å². The van der Waals surface area contributed by atoms with E-state index in [1.807, 2.05) is 36.1 Å². The quantitative estimate of drug-likeness (QED) is 0.601. The smallest absolute Gasteiger partial charge is 0.409 e. The number of nitrogens with zero attached hydrogens (tertiary/aromatic N) is 3. The molecule has 0 N–H and O–H groups in total. The van der Waals surface area contributed by atoms with Crippen LogP contribution in [0.4, 0.5) is 4.79 Å². The fourth-order valence-corrected chi connectivity index (χ4v) is 4.04. The van der Waals surface area contributed by atoms with E-state index in [4.69, 9.17) is 9.72 Å². The predicted molar refractivity (Wildman–Crippen MR) is 126 cm³/mol. The Morgan fingerprint density at radius 1 is 0.906 bits per heavy atom. The summed E-state index contributed by atoms with van der Waals surface area (Å²) in [5, 5.41) is 0.857. The Kier molecular flexibility index (Phi) is 6.12. The molecule has 0 saturated carbocycles. The molecule has 4 rings (SSSR count). The van der Waals surface area contributed by atoms with Crippen molar-refractivity contribution in [3.63, 3.8) is 0 Å². The van der Waals surface area contributed by atoms with E-state index in [-0.39, 0.29) is 12.0 Å². The SMILES string of the molecule is CCOC(=O)N1CCN(C(=O)c2cc(-c3ccc(C)c(C)c3)nc3ccc(C)cc23)CC1. The second kappa shape index (κ2) is 8.99. The van der Waals surface area contributed by atoms with E-state index in [9.17, 15) is 9.59 Å². The van der Waals surface area contributed by atoms with Gasteiger partial charge in [-0.15, -0.1) is 0 Å². The first-order chi connectivity index (χ1) is 15.4. The maximum atomic E-state index is 13.6. The molecule has 32 heavy (non-hydrogen) atoms. The lowest BCUT2D eigenvalue weighted by Crippen LogP contribution is -2.50. The van der Waals surface area contributed by atoms with Gasteiger partial charge in [0, 0.05) is 37.1 Å². The Morgan fingerprint density at radius 3 is 2.31 bits per heavy atom. The highest BCUT2D eigenvalue weighted by molar-refractivity contribution is 6.07. The number of carbonyl (C=O) groups excluding carboxylic acids is 2. The molecule has 0 radical (unpaired) electrons. The summed E-state index contributed by atoms with van der Waals surface area (Å²) in [6.45, 7) is 10.2. The second-order valence-corrected chi connectivity index (χ2v) is 8.35. The van der Waals surface area contributed by atoms with E-state index in [2.05, 4.69) is 32.0 Å². The number of hydrogen-bond acceptors (Lipinski definition) is 4. The summed E-state index contributed by atoms with van der Waals surface area (Å²) in [5.41, 5.74) is 6.74. The number of carbonyl (C=O) groups is 2. The maximum absolute atomic E-state index is 13.6. The van der Waals surface area contributed by atoms with Crippen molar-refractivity contribution >= 4 is 22.9 Å². The highest BCUT2D eigenvalue weighted by Crippen LogP contribution is 2.28. The molecule has 2 amide bonds. The van der Waals surface area contributed by atoms with E-state index >= 15 is 0 Å². The number of rotatable bonds is 3. The van der Waals surface area contributed by atoms with E-state index in [0.717, 1.165) is 27.7 Å². The highest BCUT2D eigenvalue weighted by Gasteiger charge is 2.27. The summed E-state index contributed by atoms with van der Waals surface area (Å²) in [6, 6.07) is 14.2. The van der Waals surface area contributed by atoms with Crippen molar-refractivity contribution in [3.05, 3.63) is 64.7 Å². The summed E-state index contributed by atoms with van der Waals surface area (Å²) in [7, 11) is 0. The van der Waals surface area contributed by atoms with Gasteiger partial charge in [0.2, 0.25) is 0 Å². The summed E-state index contributed by atoms with van der Waals surface area (Å²) < 4.78 is 5.09. The minimum atomic E-state index is -0.318. The Balaban J connectivity index is 1.69. The van der Waals surface area contributed by atoms with Crippen LogP contribution in [0.15, 0.2) is 42.5 Å². The van der Waals surface area contributed by atoms with Gasteiger partial charge in [-0.25, -0.2) is 9.78 Å². The third-order valence-electron chi connectivity index (χ3n) is 6.09. The van der Waals surface area contributed by atoms with Gasteiger partial charge in [0.1, 0.15) is 0 Å². The van der Waals surface area contributed by atoms with Crippen molar-refractivity contribution < 1.29 is 14.3 Å². The zero-order chi connectivity index (χ0) is 22.8. The minimum Gasteiger partial charge on any atom is -0.450 e. The zero-order valence-electron chi connectivity index (χ0n) is 19.1. The number of aryl methyl sites for hydroxylation is 3. The molecule has 166 valence electrons. The van der Waals surface area contributed by atoms with Crippen LogP contribution in [-0.2, 0) is 4.74 Å². The molecule has 0 spiro atoms. The van der Waals surface area contributed by atoms with Gasteiger partial charge in [0.15, 0.2) is 0 Å². The van der Waals surface area contributed by atoms with E-state index in [0.29, 0.717) is 38.3 Å². The third-order valence-corrected chi connectivity index (χ3v) is 6.09. The number of ether oxygens (including phenoxy) is 1. The number of aromatic nitrogens is 1. The number of hydrogen-bond donors (Lipinski definition) is 0. The first-order valence-electron chi connectivity index (χ1n) is 11.1. The molecule has 1 saturated heterocycles. The van der Waals surface area contributed by atoms with Crippen molar-refractivity contribution in [3.8, 4) is 11.3 Å². The van der Waals surface area contributed by atoms with Gasteiger partial charge >= 0.3 is 6.09 Å². The number of piperazine rings is 1.